The molecule has 1 saturated heterocycles. The molecule has 0 saturated carbocycles. The second kappa shape index (κ2) is 5.07. The highest BCUT2D eigenvalue weighted by atomic mass is 15.3. The largest absolute Gasteiger partial charge is 0.296 e. The third-order valence-corrected chi connectivity index (χ3v) is 4.33. The maximum absolute atomic E-state index is 4.51. The van der Waals surface area contributed by atoms with E-state index >= 15 is 0 Å². The Hall–Kier alpha value is -2.01. The molecule has 1 aliphatic rings. The summed E-state index contributed by atoms with van der Waals surface area (Å²) < 4.78 is 2.03. The Morgan fingerprint density at radius 3 is 3.05 bits per heavy atom. The van der Waals surface area contributed by atoms with Gasteiger partial charge in [0.2, 0.25) is 0 Å². The summed E-state index contributed by atoms with van der Waals surface area (Å²) >= 11 is 0. The fourth-order valence-corrected chi connectivity index (χ4v) is 3.26. The van der Waals surface area contributed by atoms with Gasteiger partial charge < -0.3 is 0 Å². The normalized spacial score (nSPS) is 20.3. The van der Waals surface area contributed by atoms with Crippen molar-refractivity contribution >= 4 is 16.6 Å². The molecule has 3 heterocycles. The molecule has 1 aromatic carbocycles. The molecule has 1 fully saturated rings. The molecule has 0 spiro atoms. The first-order valence-electron chi connectivity index (χ1n) is 7.61. The topological polar surface area (TPSA) is 46.3 Å². The molecule has 3 aromatic rings. The van der Waals surface area contributed by atoms with Gasteiger partial charge in [-0.15, -0.1) is 10.2 Å². The van der Waals surface area contributed by atoms with Crippen molar-refractivity contribution in [3.8, 4) is 0 Å². The van der Waals surface area contributed by atoms with Gasteiger partial charge in [0.25, 0.3) is 0 Å². The fourth-order valence-electron chi connectivity index (χ4n) is 3.26. The summed E-state index contributed by atoms with van der Waals surface area (Å²) in [4.78, 5) is 6.99. The summed E-state index contributed by atoms with van der Waals surface area (Å²) in [7, 11) is 0. The van der Waals surface area contributed by atoms with Crippen molar-refractivity contribution in [1.29, 1.82) is 0 Å². The Balaban J connectivity index is 1.71. The number of rotatable bonds is 2. The first kappa shape index (κ1) is 12.7. The predicted molar refractivity (Wildman–Crippen MR) is 82.0 cm³/mol. The maximum atomic E-state index is 4.51. The van der Waals surface area contributed by atoms with Crippen LogP contribution in [0.5, 0.6) is 0 Å². The molecule has 21 heavy (non-hydrogen) atoms. The van der Waals surface area contributed by atoms with Gasteiger partial charge in [-0.25, -0.2) is 4.98 Å². The van der Waals surface area contributed by atoms with Crippen molar-refractivity contribution in [3.63, 3.8) is 0 Å². The van der Waals surface area contributed by atoms with E-state index in [9.17, 15) is 0 Å². The second-order valence-electron chi connectivity index (χ2n) is 6.05. The predicted octanol–water partition coefficient (Wildman–Crippen LogP) is 2.51. The molecule has 0 radical (unpaired) electrons. The molecule has 5 heteroatoms. The zero-order valence-corrected chi connectivity index (χ0v) is 12.2. The lowest BCUT2D eigenvalue weighted by molar-refractivity contribution is 0.172. The summed E-state index contributed by atoms with van der Waals surface area (Å²) in [6, 6.07) is 8.08. The number of aromatic nitrogens is 4. The molecule has 2 aromatic heterocycles. The molecule has 1 aliphatic heterocycles. The standard InChI is InChI=1S/C16H19N5/c1-12-5-4-8-20(9-12)10-15-18-19-16-13-6-2-3-7-14(13)17-11-21(15)16/h2-3,6-7,11-12H,4-5,8-10H2,1H3/t12-/m0/s1. The van der Waals surface area contributed by atoms with E-state index in [-0.39, 0.29) is 0 Å². The number of benzene rings is 1. The molecule has 0 aliphatic carbocycles. The Morgan fingerprint density at radius 1 is 1.24 bits per heavy atom. The van der Waals surface area contributed by atoms with Gasteiger partial charge in [0, 0.05) is 11.9 Å². The van der Waals surface area contributed by atoms with Crippen molar-refractivity contribution in [2.75, 3.05) is 13.1 Å². The van der Waals surface area contributed by atoms with Crippen LogP contribution in [0.1, 0.15) is 25.6 Å². The number of fused-ring (bicyclic) bond motifs is 3. The molecule has 0 amide bonds. The van der Waals surface area contributed by atoms with Crippen LogP contribution in [-0.2, 0) is 6.54 Å². The van der Waals surface area contributed by atoms with Gasteiger partial charge in [0.1, 0.15) is 6.33 Å². The third kappa shape index (κ3) is 2.27. The Morgan fingerprint density at radius 2 is 2.14 bits per heavy atom. The van der Waals surface area contributed by atoms with Crippen LogP contribution in [0, 0.1) is 5.92 Å². The Labute approximate surface area is 123 Å². The molecule has 0 N–H and O–H groups in total. The summed E-state index contributed by atoms with van der Waals surface area (Å²) in [6.45, 7) is 5.48. The Kier molecular flexibility index (Phi) is 3.07. The molecule has 5 nitrogen and oxygen atoms in total. The SMILES string of the molecule is C[C@H]1CCCN(Cc2nnc3c4ccccc4ncn23)C1. The lowest BCUT2D eigenvalue weighted by atomic mass is 10.0. The van der Waals surface area contributed by atoms with Crippen LogP contribution in [0.4, 0.5) is 0 Å². The zero-order valence-electron chi connectivity index (χ0n) is 12.2. The van der Waals surface area contributed by atoms with E-state index in [1.54, 1.807) is 0 Å². The van der Waals surface area contributed by atoms with E-state index in [1.165, 1.54) is 12.8 Å². The van der Waals surface area contributed by atoms with E-state index in [0.29, 0.717) is 0 Å². The molecule has 0 unspecified atom stereocenters. The van der Waals surface area contributed by atoms with Crippen LogP contribution >= 0.6 is 0 Å². The maximum Gasteiger partial charge on any atom is 0.171 e. The van der Waals surface area contributed by atoms with Gasteiger partial charge in [0.15, 0.2) is 11.5 Å². The molecule has 0 bridgehead atoms. The number of nitrogens with zero attached hydrogens (tertiary/aromatic N) is 5. The number of hydrogen-bond donors (Lipinski definition) is 0. The van der Waals surface area contributed by atoms with E-state index in [0.717, 1.165) is 47.9 Å². The minimum atomic E-state index is 0.775. The summed E-state index contributed by atoms with van der Waals surface area (Å²) in [6.07, 6.45) is 4.46. The van der Waals surface area contributed by atoms with E-state index in [2.05, 4.69) is 33.1 Å². The number of hydrogen-bond acceptors (Lipinski definition) is 4. The lowest BCUT2D eigenvalue weighted by Crippen LogP contribution is -2.34. The van der Waals surface area contributed by atoms with Crippen molar-refractivity contribution in [1.82, 2.24) is 24.5 Å². The summed E-state index contributed by atoms with van der Waals surface area (Å²) in [5.74, 6) is 1.76. The fraction of sp³-hybridized carbons (Fsp3) is 0.438. The van der Waals surface area contributed by atoms with Gasteiger partial charge in [-0.1, -0.05) is 19.1 Å². The van der Waals surface area contributed by atoms with Gasteiger partial charge in [-0.05, 0) is 37.4 Å². The smallest absolute Gasteiger partial charge is 0.171 e. The first-order valence-corrected chi connectivity index (χ1v) is 7.61. The highest BCUT2D eigenvalue weighted by molar-refractivity contribution is 5.90. The van der Waals surface area contributed by atoms with Crippen LogP contribution in [0.25, 0.3) is 16.6 Å². The monoisotopic (exact) mass is 281 g/mol. The van der Waals surface area contributed by atoms with Crippen molar-refractivity contribution in [2.24, 2.45) is 5.92 Å². The van der Waals surface area contributed by atoms with E-state index in [4.69, 9.17) is 0 Å². The molecular formula is C16H19N5. The van der Waals surface area contributed by atoms with Crippen molar-refractivity contribution < 1.29 is 0 Å². The quantitative estimate of drug-likeness (QED) is 0.724. The molecule has 108 valence electrons. The Bertz CT molecular complexity index is 779. The minimum absolute atomic E-state index is 0.775. The van der Waals surface area contributed by atoms with Crippen LogP contribution in [-0.4, -0.2) is 37.6 Å². The average molecular weight is 281 g/mol. The number of likely N-dealkylation sites (tertiary alicyclic amines) is 1. The second-order valence-corrected chi connectivity index (χ2v) is 6.05. The first-order chi connectivity index (χ1) is 10.3. The van der Waals surface area contributed by atoms with Gasteiger partial charge in [-0.3, -0.25) is 9.30 Å². The van der Waals surface area contributed by atoms with Crippen LogP contribution in [0.2, 0.25) is 0 Å². The van der Waals surface area contributed by atoms with Crippen LogP contribution in [0.3, 0.4) is 0 Å². The van der Waals surface area contributed by atoms with Gasteiger partial charge in [-0.2, -0.15) is 0 Å². The third-order valence-electron chi connectivity index (χ3n) is 4.33. The summed E-state index contributed by atoms with van der Waals surface area (Å²) in [5, 5.41) is 9.83. The van der Waals surface area contributed by atoms with Gasteiger partial charge in [0.05, 0.1) is 12.1 Å². The molecule has 4 rings (SSSR count). The van der Waals surface area contributed by atoms with Crippen molar-refractivity contribution in [3.05, 3.63) is 36.4 Å². The molecule has 1 atom stereocenters. The molecular weight excluding hydrogens is 262 g/mol. The van der Waals surface area contributed by atoms with E-state index in [1.807, 2.05) is 28.9 Å². The average Bonchev–Trinajstić information content (AvgIpc) is 2.91. The van der Waals surface area contributed by atoms with E-state index < -0.39 is 0 Å². The summed E-state index contributed by atoms with van der Waals surface area (Å²) in [5.41, 5.74) is 1.87. The number of para-hydroxylation sites is 1. The zero-order chi connectivity index (χ0) is 14.2. The van der Waals surface area contributed by atoms with Crippen LogP contribution < -0.4 is 0 Å². The lowest BCUT2D eigenvalue weighted by Gasteiger charge is -2.30. The minimum Gasteiger partial charge on any atom is -0.296 e. The van der Waals surface area contributed by atoms with Gasteiger partial charge >= 0.3 is 0 Å². The number of piperidine rings is 1. The van der Waals surface area contributed by atoms with Crippen LogP contribution in [0.15, 0.2) is 30.6 Å². The van der Waals surface area contributed by atoms with Crippen molar-refractivity contribution in [2.45, 2.75) is 26.3 Å². The highest BCUT2D eigenvalue weighted by Gasteiger charge is 2.19. The highest BCUT2D eigenvalue weighted by Crippen LogP contribution is 2.20.